The van der Waals surface area contributed by atoms with E-state index in [1.54, 1.807) is 31.3 Å². The Morgan fingerprint density at radius 1 is 1.00 bits per heavy atom. The van der Waals surface area contributed by atoms with Gasteiger partial charge >= 0.3 is 6.03 Å². The molecule has 1 atom stereocenters. The molecule has 1 saturated heterocycles. The van der Waals surface area contributed by atoms with Crippen molar-refractivity contribution in [3.63, 3.8) is 0 Å². The van der Waals surface area contributed by atoms with Crippen molar-refractivity contribution < 1.29 is 19.1 Å². The molecule has 1 fully saturated rings. The van der Waals surface area contributed by atoms with Crippen LogP contribution in [0.15, 0.2) is 42.5 Å². The standard InChI is InChI=1S/C21H25N3O4/c1-14-10-11-19(28-3)16(13-14)22-20(25)17-8-6-12-24(17)21(26)23-15-7-4-5-9-18(15)27-2/h4-5,7,9-11,13,17H,6,8,12H2,1-3H3,(H,22,25)(H,23,26)/t17-/m0/s1. The maximum Gasteiger partial charge on any atom is 0.322 e. The van der Waals surface area contributed by atoms with Crippen LogP contribution in [0, 0.1) is 6.92 Å². The number of carbonyl (C=O) groups excluding carboxylic acids is 2. The first-order valence-electron chi connectivity index (χ1n) is 9.19. The largest absolute Gasteiger partial charge is 0.495 e. The van der Waals surface area contributed by atoms with E-state index in [0.717, 1.165) is 12.0 Å². The number of urea groups is 1. The highest BCUT2D eigenvalue weighted by molar-refractivity contribution is 6.00. The van der Waals surface area contributed by atoms with E-state index in [-0.39, 0.29) is 11.9 Å². The van der Waals surface area contributed by atoms with E-state index in [0.29, 0.717) is 35.8 Å². The molecule has 7 heteroatoms. The molecular formula is C21H25N3O4. The topological polar surface area (TPSA) is 79.9 Å². The van der Waals surface area contributed by atoms with Crippen LogP contribution < -0.4 is 20.1 Å². The van der Waals surface area contributed by atoms with Gasteiger partial charge in [0.15, 0.2) is 0 Å². The highest BCUT2D eigenvalue weighted by Gasteiger charge is 2.34. The highest BCUT2D eigenvalue weighted by Crippen LogP contribution is 2.28. The third-order valence-corrected chi connectivity index (χ3v) is 4.78. The van der Waals surface area contributed by atoms with Crippen LogP contribution in [0.5, 0.6) is 11.5 Å². The van der Waals surface area contributed by atoms with Crippen molar-refractivity contribution in [3.8, 4) is 11.5 Å². The molecule has 0 radical (unpaired) electrons. The van der Waals surface area contributed by atoms with Gasteiger partial charge in [-0.1, -0.05) is 18.2 Å². The van der Waals surface area contributed by atoms with E-state index in [1.807, 2.05) is 37.3 Å². The summed E-state index contributed by atoms with van der Waals surface area (Å²) in [4.78, 5) is 27.2. The minimum Gasteiger partial charge on any atom is -0.495 e. The molecule has 0 saturated carbocycles. The zero-order valence-corrected chi connectivity index (χ0v) is 16.3. The van der Waals surface area contributed by atoms with Crippen LogP contribution in [-0.4, -0.2) is 43.6 Å². The van der Waals surface area contributed by atoms with E-state index < -0.39 is 6.04 Å². The molecule has 7 nitrogen and oxygen atoms in total. The smallest absolute Gasteiger partial charge is 0.322 e. The van der Waals surface area contributed by atoms with Gasteiger partial charge < -0.3 is 25.0 Å². The molecule has 0 bridgehead atoms. The van der Waals surface area contributed by atoms with Crippen LogP contribution in [0.4, 0.5) is 16.2 Å². The monoisotopic (exact) mass is 383 g/mol. The van der Waals surface area contributed by atoms with Crippen molar-refractivity contribution in [1.29, 1.82) is 0 Å². The number of hydrogen-bond acceptors (Lipinski definition) is 4. The summed E-state index contributed by atoms with van der Waals surface area (Å²) >= 11 is 0. The fourth-order valence-corrected chi connectivity index (χ4v) is 3.35. The van der Waals surface area contributed by atoms with Crippen LogP contribution in [0.3, 0.4) is 0 Å². The van der Waals surface area contributed by atoms with E-state index in [4.69, 9.17) is 9.47 Å². The lowest BCUT2D eigenvalue weighted by molar-refractivity contribution is -0.119. The second kappa shape index (κ2) is 8.65. The minimum atomic E-state index is -0.542. The number of para-hydroxylation sites is 2. The molecule has 1 heterocycles. The fourth-order valence-electron chi connectivity index (χ4n) is 3.35. The quantitative estimate of drug-likeness (QED) is 0.826. The van der Waals surface area contributed by atoms with E-state index in [9.17, 15) is 9.59 Å². The predicted octanol–water partition coefficient (Wildman–Crippen LogP) is 3.65. The van der Waals surface area contributed by atoms with E-state index >= 15 is 0 Å². The second-order valence-electron chi connectivity index (χ2n) is 6.67. The van der Waals surface area contributed by atoms with Gasteiger partial charge in [0, 0.05) is 6.54 Å². The third-order valence-electron chi connectivity index (χ3n) is 4.78. The summed E-state index contributed by atoms with van der Waals surface area (Å²) < 4.78 is 10.6. The Bertz CT molecular complexity index is 868. The van der Waals surface area contributed by atoms with Gasteiger partial charge in [-0.2, -0.15) is 0 Å². The van der Waals surface area contributed by atoms with Crippen molar-refractivity contribution >= 4 is 23.3 Å². The van der Waals surface area contributed by atoms with Crippen molar-refractivity contribution in [1.82, 2.24) is 4.90 Å². The van der Waals surface area contributed by atoms with Crippen LogP contribution in [0.25, 0.3) is 0 Å². The summed E-state index contributed by atoms with van der Waals surface area (Å²) in [7, 11) is 3.11. The molecule has 2 aromatic rings. The number of benzene rings is 2. The summed E-state index contributed by atoms with van der Waals surface area (Å²) in [5, 5.41) is 5.75. The van der Waals surface area contributed by atoms with Crippen LogP contribution in [0.1, 0.15) is 18.4 Å². The number of aryl methyl sites for hydroxylation is 1. The van der Waals surface area contributed by atoms with Gasteiger partial charge in [0.2, 0.25) is 5.91 Å². The summed E-state index contributed by atoms with van der Waals surface area (Å²) in [5.41, 5.74) is 2.18. The Balaban J connectivity index is 1.72. The Morgan fingerprint density at radius 2 is 1.71 bits per heavy atom. The van der Waals surface area contributed by atoms with Gasteiger partial charge in [0.25, 0.3) is 0 Å². The average Bonchev–Trinajstić information content (AvgIpc) is 3.19. The van der Waals surface area contributed by atoms with Gasteiger partial charge in [-0.3, -0.25) is 4.79 Å². The summed E-state index contributed by atoms with van der Waals surface area (Å²) in [6.07, 6.45) is 1.38. The number of likely N-dealkylation sites (tertiary alicyclic amines) is 1. The molecule has 1 aliphatic heterocycles. The maximum atomic E-state index is 12.9. The molecule has 3 amide bonds. The highest BCUT2D eigenvalue weighted by atomic mass is 16.5. The normalized spacial score (nSPS) is 15.8. The lowest BCUT2D eigenvalue weighted by atomic mass is 10.1. The molecule has 28 heavy (non-hydrogen) atoms. The number of rotatable bonds is 5. The number of nitrogens with zero attached hydrogens (tertiary/aromatic N) is 1. The fraction of sp³-hybridized carbons (Fsp3) is 0.333. The molecule has 2 aromatic carbocycles. The molecular weight excluding hydrogens is 358 g/mol. The first-order valence-corrected chi connectivity index (χ1v) is 9.19. The molecule has 0 unspecified atom stereocenters. The van der Waals surface area contributed by atoms with Gasteiger partial charge in [-0.15, -0.1) is 0 Å². The van der Waals surface area contributed by atoms with Crippen molar-refractivity contribution in [2.24, 2.45) is 0 Å². The predicted molar refractivity (Wildman–Crippen MR) is 108 cm³/mol. The molecule has 148 valence electrons. The Hall–Kier alpha value is -3.22. The molecule has 3 rings (SSSR count). The molecule has 1 aliphatic rings. The van der Waals surface area contributed by atoms with E-state index in [1.165, 1.54) is 0 Å². The Labute approximate surface area is 164 Å². The lowest BCUT2D eigenvalue weighted by Gasteiger charge is -2.25. The lowest BCUT2D eigenvalue weighted by Crippen LogP contribution is -2.45. The number of nitrogens with one attached hydrogen (secondary N) is 2. The third kappa shape index (κ3) is 4.19. The van der Waals surface area contributed by atoms with Crippen LogP contribution in [-0.2, 0) is 4.79 Å². The van der Waals surface area contributed by atoms with Gasteiger partial charge in [0.1, 0.15) is 17.5 Å². The zero-order valence-electron chi connectivity index (χ0n) is 16.3. The first kappa shape index (κ1) is 19.5. The summed E-state index contributed by atoms with van der Waals surface area (Å²) in [5.74, 6) is 0.930. The summed E-state index contributed by atoms with van der Waals surface area (Å²) in [6.45, 7) is 2.46. The zero-order chi connectivity index (χ0) is 20.1. The number of methoxy groups -OCH3 is 2. The first-order chi connectivity index (χ1) is 13.5. The molecule has 0 aromatic heterocycles. The number of carbonyl (C=O) groups is 2. The molecule has 0 aliphatic carbocycles. The Kier molecular flexibility index (Phi) is 6.03. The van der Waals surface area contributed by atoms with E-state index in [2.05, 4.69) is 10.6 Å². The number of amides is 3. The number of anilines is 2. The minimum absolute atomic E-state index is 0.225. The van der Waals surface area contributed by atoms with Gasteiger partial charge in [-0.05, 0) is 49.6 Å². The van der Waals surface area contributed by atoms with Crippen LogP contribution >= 0.6 is 0 Å². The SMILES string of the molecule is COc1ccc(C)cc1NC(=O)[C@@H]1CCCN1C(=O)Nc1ccccc1OC. The summed E-state index contributed by atoms with van der Waals surface area (Å²) in [6, 6.07) is 11.9. The van der Waals surface area contributed by atoms with Crippen molar-refractivity contribution in [3.05, 3.63) is 48.0 Å². The Morgan fingerprint density at radius 3 is 2.46 bits per heavy atom. The van der Waals surface area contributed by atoms with Crippen molar-refractivity contribution in [2.75, 3.05) is 31.4 Å². The van der Waals surface area contributed by atoms with Gasteiger partial charge in [-0.25, -0.2) is 4.79 Å². The molecule has 2 N–H and O–H groups in total. The average molecular weight is 383 g/mol. The number of hydrogen-bond donors (Lipinski definition) is 2. The second-order valence-corrected chi connectivity index (χ2v) is 6.67. The maximum absolute atomic E-state index is 12.9. The number of ether oxygens (including phenoxy) is 2. The van der Waals surface area contributed by atoms with Crippen molar-refractivity contribution in [2.45, 2.75) is 25.8 Å². The molecule has 0 spiro atoms. The van der Waals surface area contributed by atoms with Crippen LogP contribution in [0.2, 0.25) is 0 Å². The van der Waals surface area contributed by atoms with Gasteiger partial charge in [0.05, 0.1) is 25.6 Å².